The first-order chi connectivity index (χ1) is 6.54. The Balaban J connectivity index is 3.10. The molecule has 0 fully saturated rings. The molecule has 0 aromatic heterocycles. The lowest BCUT2D eigenvalue weighted by Crippen LogP contribution is -2.04. The minimum absolute atomic E-state index is 0.00324. The van der Waals surface area contributed by atoms with Crippen LogP contribution in [0.2, 0.25) is 0 Å². The quantitative estimate of drug-likeness (QED) is 0.740. The molecule has 2 N–H and O–H groups in total. The van der Waals surface area contributed by atoms with Crippen LogP contribution in [0.15, 0.2) is 12.1 Å². The molecular formula is C9H8F2N2O. The molecule has 0 aliphatic heterocycles. The lowest BCUT2D eigenvalue weighted by atomic mass is 10.1. The van der Waals surface area contributed by atoms with Crippen molar-refractivity contribution in [2.75, 3.05) is 5.73 Å². The SMILES string of the molecule is Cc1cc(C#N)c(N)cc1OC(F)F. The Labute approximate surface area is 79.7 Å². The predicted octanol–water partition coefficient (Wildman–Crippen LogP) is 2.05. The maximum absolute atomic E-state index is 11.9. The summed E-state index contributed by atoms with van der Waals surface area (Å²) in [6.45, 7) is -1.32. The number of hydrogen-bond donors (Lipinski definition) is 1. The maximum atomic E-state index is 11.9. The number of aryl methyl sites for hydroxylation is 1. The van der Waals surface area contributed by atoms with Crippen molar-refractivity contribution in [1.29, 1.82) is 5.26 Å². The lowest BCUT2D eigenvalue weighted by Gasteiger charge is -2.09. The third kappa shape index (κ3) is 2.10. The third-order valence-corrected chi connectivity index (χ3v) is 1.68. The van der Waals surface area contributed by atoms with Gasteiger partial charge in [0.2, 0.25) is 0 Å². The van der Waals surface area contributed by atoms with Gasteiger partial charge in [-0.3, -0.25) is 0 Å². The highest BCUT2D eigenvalue weighted by Crippen LogP contribution is 2.25. The number of nitriles is 1. The number of halogens is 2. The molecule has 1 rings (SSSR count). The summed E-state index contributed by atoms with van der Waals surface area (Å²) < 4.78 is 28.0. The van der Waals surface area contributed by atoms with Crippen molar-refractivity contribution < 1.29 is 13.5 Å². The molecule has 0 saturated heterocycles. The van der Waals surface area contributed by atoms with Gasteiger partial charge in [0.25, 0.3) is 0 Å². The summed E-state index contributed by atoms with van der Waals surface area (Å²) in [5, 5.41) is 8.60. The van der Waals surface area contributed by atoms with Gasteiger partial charge in [-0.1, -0.05) is 0 Å². The van der Waals surface area contributed by atoms with Crippen LogP contribution in [0.25, 0.3) is 0 Å². The summed E-state index contributed by atoms with van der Waals surface area (Å²) in [6.07, 6.45) is 0. The third-order valence-electron chi connectivity index (χ3n) is 1.68. The summed E-state index contributed by atoms with van der Waals surface area (Å²) in [4.78, 5) is 0. The Morgan fingerprint density at radius 1 is 1.50 bits per heavy atom. The van der Waals surface area contributed by atoms with Gasteiger partial charge in [0, 0.05) is 6.07 Å². The Bertz CT molecular complexity index is 385. The van der Waals surface area contributed by atoms with Gasteiger partial charge >= 0.3 is 6.61 Å². The predicted molar refractivity (Wildman–Crippen MR) is 46.9 cm³/mol. The molecule has 0 aliphatic carbocycles. The Morgan fingerprint density at radius 3 is 2.64 bits per heavy atom. The van der Waals surface area contributed by atoms with E-state index in [1.165, 1.54) is 12.1 Å². The van der Waals surface area contributed by atoms with Crippen LogP contribution in [0.1, 0.15) is 11.1 Å². The van der Waals surface area contributed by atoms with E-state index < -0.39 is 6.61 Å². The topological polar surface area (TPSA) is 59.0 Å². The van der Waals surface area contributed by atoms with E-state index >= 15 is 0 Å². The number of benzene rings is 1. The Hall–Kier alpha value is -1.83. The summed E-state index contributed by atoms with van der Waals surface area (Å²) in [5.74, 6) is -0.00324. The average Bonchev–Trinajstić information content (AvgIpc) is 2.10. The molecule has 0 heterocycles. The molecule has 0 bridgehead atoms. The van der Waals surface area contributed by atoms with Crippen LogP contribution in [0.4, 0.5) is 14.5 Å². The van der Waals surface area contributed by atoms with Crippen molar-refractivity contribution in [3.8, 4) is 11.8 Å². The van der Waals surface area contributed by atoms with Crippen LogP contribution in [0.3, 0.4) is 0 Å². The van der Waals surface area contributed by atoms with Crippen LogP contribution < -0.4 is 10.5 Å². The van der Waals surface area contributed by atoms with Gasteiger partial charge in [-0.15, -0.1) is 0 Å². The summed E-state index contributed by atoms with van der Waals surface area (Å²) in [7, 11) is 0. The number of ether oxygens (including phenoxy) is 1. The van der Waals surface area contributed by atoms with Crippen molar-refractivity contribution >= 4 is 5.69 Å². The molecule has 0 radical (unpaired) electrons. The maximum Gasteiger partial charge on any atom is 0.387 e. The fourth-order valence-electron chi connectivity index (χ4n) is 1.02. The van der Waals surface area contributed by atoms with E-state index in [1.807, 2.05) is 6.07 Å². The Morgan fingerprint density at radius 2 is 2.14 bits per heavy atom. The monoisotopic (exact) mass is 198 g/mol. The zero-order chi connectivity index (χ0) is 10.7. The molecule has 14 heavy (non-hydrogen) atoms. The highest BCUT2D eigenvalue weighted by atomic mass is 19.3. The van der Waals surface area contributed by atoms with Gasteiger partial charge in [0.1, 0.15) is 11.8 Å². The molecular weight excluding hydrogens is 190 g/mol. The molecule has 74 valence electrons. The fraction of sp³-hybridized carbons (Fsp3) is 0.222. The zero-order valence-electron chi connectivity index (χ0n) is 7.42. The first-order valence-electron chi connectivity index (χ1n) is 3.79. The Kier molecular flexibility index (Phi) is 2.87. The van der Waals surface area contributed by atoms with Crippen LogP contribution in [0, 0.1) is 18.3 Å². The first kappa shape index (κ1) is 10.3. The van der Waals surface area contributed by atoms with Gasteiger partial charge in [0.05, 0.1) is 11.3 Å². The summed E-state index contributed by atoms with van der Waals surface area (Å²) in [6, 6.07) is 4.48. The van der Waals surface area contributed by atoms with E-state index in [0.717, 1.165) is 0 Å². The minimum Gasteiger partial charge on any atom is -0.434 e. The van der Waals surface area contributed by atoms with Crippen LogP contribution in [0.5, 0.6) is 5.75 Å². The summed E-state index contributed by atoms with van der Waals surface area (Å²) >= 11 is 0. The molecule has 3 nitrogen and oxygen atoms in total. The molecule has 5 heteroatoms. The number of nitrogens with zero attached hydrogens (tertiary/aromatic N) is 1. The number of alkyl halides is 2. The first-order valence-corrected chi connectivity index (χ1v) is 3.79. The van der Waals surface area contributed by atoms with Crippen molar-refractivity contribution in [2.45, 2.75) is 13.5 Å². The second-order valence-electron chi connectivity index (χ2n) is 2.70. The van der Waals surface area contributed by atoms with Gasteiger partial charge in [-0.2, -0.15) is 14.0 Å². The number of nitrogens with two attached hydrogens (primary N) is 1. The second-order valence-corrected chi connectivity index (χ2v) is 2.70. The molecule has 0 aliphatic rings. The van der Waals surface area contributed by atoms with Crippen LogP contribution in [-0.2, 0) is 0 Å². The van der Waals surface area contributed by atoms with Crippen LogP contribution in [-0.4, -0.2) is 6.61 Å². The van der Waals surface area contributed by atoms with Crippen molar-refractivity contribution in [3.63, 3.8) is 0 Å². The minimum atomic E-state index is -2.89. The normalized spacial score (nSPS) is 9.93. The zero-order valence-corrected chi connectivity index (χ0v) is 7.42. The lowest BCUT2D eigenvalue weighted by molar-refractivity contribution is -0.0502. The standard InChI is InChI=1S/C9H8F2N2O/c1-5-2-6(4-12)7(13)3-8(5)14-9(10)11/h2-3,9H,13H2,1H3. The molecule has 0 atom stereocenters. The molecule has 0 saturated carbocycles. The van der Waals surface area contributed by atoms with Crippen LogP contribution >= 0.6 is 0 Å². The van der Waals surface area contributed by atoms with Gasteiger partial charge < -0.3 is 10.5 Å². The number of rotatable bonds is 2. The molecule has 1 aromatic rings. The number of hydrogen-bond acceptors (Lipinski definition) is 3. The van der Waals surface area contributed by atoms with E-state index in [1.54, 1.807) is 6.92 Å². The van der Waals surface area contributed by atoms with E-state index in [0.29, 0.717) is 5.56 Å². The molecule has 0 amide bonds. The summed E-state index contributed by atoms with van der Waals surface area (Å²) in [5.41, 5.74) is 6.27. The van der Waals surface area contributed by atoms with Gasteiger partial charge in [-0.25, -0.2) is 0 Å². The number of anilines is 1. The number of nitrogen functional groups attached to an aromatic ring is 1. The molecule has 1 aromatic carbocycles. The van der Waals surface area contributed by atoms with E-state index in [-0.39, 0.29) is 17.0 Å². The van der Waals surface area contributed by atoms with Gasteiger partial charge in [-0.05, 0) is 18.6 Å². The van der Waals surface area contributed by atoms with Crippen molar-refractivity contribution in [3.05, 3.63) is 23.3 Å². The van der Waals surface area contributed by atoms with E-state index in [4.69, 9.17) is 11.0 Å². The van der Waals surface area contributed by atoms with Crippen molar-refractivity contribution in [2.24, 2.45) is 0 Å². The largest absolute Gasteiger partial charge is 0.434 e. The van der Waals surface area contributed by atoms with E-state index in [9.17, 15) is 8.78 Å². The van der Waals surface area contributed by atoms with E-state index in [2.05, 4.69) is 4.74 Å². The molecule has 0 unspecified atom stereocenters. The van der Waals surface area contributed by atoms with Crippen molar-refractivity contribution in [1.82, 2.24) is 0 Å². The highest BCUT2D eigenvalue weighted by Gasteiger charge is 2.10. The second kappa shape index (κ2) is 3.92. The average molecular weight is 198 g/mol. The smallest absolute Gasteiger partial charge is 0.387 e. The van der Waals surface area contributed by atoms with Gasteiger partial charge in [0.15, 0.2) is 0 Å². The highest BCUT2D eigenvalue weighted by molar-refractivity contribution is 5.59. The fourth-order valence-corrected chi connectivity index (χ4v) is 1.02. The molecule has 0 spiro atoms.